The largest absolute Gasteiger partial charge is 0.467 e. The molecule has 3 aromatic carbocycles. The van der Waals surface area contributed by atoms with Gasteiger partial charge in [0.1, 0.15) is 18.5 Å². The van der Waals surface area contributed by atoms with Crippen molar-refractivity contribution in [2.75, 3.05) is 12.8 Å². The van der Waals surface area contributed by atoms with E-state index in [0.717, 1.165) is 17.3 Å². The number of amides is 1. The fourth-order valence-corrected chi connectivity index (χ4v) is 4.29. The Morgan fingerprint density at radius 2 is 1.66 bits per heavy atom. The molecule has 0 spiro atoms. The zero-order valence-corrected chi connectivity index (χ0v) is 18.2. The molecule has 2 atom stereocenters. The molecule has 3 N–H and O–H groups in total. The second-order valence-electron chi connectivity index (χ2n) is 6.80. The van der Waals surface area contributed by atoms with E-state index in [-0.39, 0.29) is 12.2 Å². The van der Waals surface area contributed by atoms with Crippen molar-refractivity contribution in [1.29, 1.82) is 0 Å². The predicted molar refractivity (Wildman–Crippen MR) is 121 cm³/mol. The Kier molecular flexibility index (Phi) is 8.10. The van der Waals surface area contributed by atoms with Crippen molar-refractivity contribution >= 4 is 29.5 Å². The molecule has 0 heterocycles. The van der Waals surface area contributed by atoms with Crippen LogP contribution in [0.25, 0.3) is 0 Å². The molecule has 0 radical (unpaired) electrons. The summed E-state index contributed by atoms with van der Waals surface area (Å²) in [6, 6.07) is 20.9. The number of para-hydroxylation sites is 1. The lowest BCUT2D eigenvalue weighted by molar-refractivity contribution is -0.143. The molecule has 32 heavy (non-hydrogen) atoms. The Morgan fingerprint density at radius 1 is 1.00 bits per heavy atom. The van der Waals surface area contributed by atoms with Crippen LogP contribution >= 0.6 is 11.8 Å². The van der Waals surface area contributed by atoms with Crippen molar-refractivity contribution < 1.29 is 23.5 Å². The summed E-state index contributed by atoms with van der Waals surface area (Å²) in [5.74, 6) is -1.26. The Bertz CT molecular complexity index is 1060. The number of methoxy groups -OCH3 is 1. The van der Waals surface area contributed by atoms with E-state index in [1.165, 1.54) is 13.2 Å². The number of rotatable bonds is 8. The zero-order chi connectivity index (χ0) is 22.9. The normalized spacial score (nSPS) is 12.4. The summed E-state index contributed by atoms with van der Waals surface area (Å²) >= 11 is 1.15. The fourth-order valence-electron chi connectivity index (χ4n) is 3.02. The van der Waals surface area contributed by atoms with Gasteiger partial charge in [0.05, 0.1) is 12.4 Å². The van der Waals surface area contributed by atoms with Gasteiger partial charge in [-0.1, -0.05) is 60.7 Å². The lowest BCUT2D eigenvalue weighted by Crippen LogP contribution is -2.45. The first kappa shape index (κ1) is 23.1. The van der Waals surface area contributed by atoms with Gasteiger partial charge in [0.2, 0.25) is 0 Å². The van der Waals surface area contributed by atoms with Gasteiger partial charge < -0.3 is 20.5 Å². The Hall–Kier alpha value is -3.52. The third-order valence-electron chi connectivity index (χ3n) is 4.63. The van der Waals surface area contributed by atoms with Crippen molar-refractivity contribution in [2.24, 2.45) is 0 Å². The third-order valence-corrected chi connectivity index (χ3v) is 6.03. The van der Waals surface area contributed by atoms with Crippen LogP contribution in [-0.4, -0.2) is 25.2 Å². The summed E-state index contributed by atoms with van der Waals surface area (Å²) < 4.78 is 24.9. The van der Waals surface area contributed by atoms with E-state index in [1.807, 2.05) is 18.2 Å². The van der Waals surface area contributed by atoms with Gasteiger partial charge >= 0.3 is 12.1 Å². The monoisotopic (exact) mass is 454 g/mol. The number of hydrogen-bond donors (Lipinski definition) is 2. The molecule has 166 valence electrons. The van der Waals surface area contributed by atoms with Crippen molar-refractivity contribution in [1.82, 2.24) is 5.32 Å². The van der Waals surface area contributed by atoms with Crippen molar-refractivity contribution in [2.45, 2.75) is 22.8 Å². The molecule has 6 nitrogen and oxygen atoms in total. The van der Waals surface area contributed by atoms with Gasteiger partial charge in [-0.2, -0.15) is 0 Å². The molecule has 1 amide bonds. The van der Waals surface area contributed by atoms with E-state index in [0.29, 0.717) is 10.6 Å². The number of nitrogens with one attached hydrogen (secondary N) is 1. The molecule has 0 fully saturated rings. The molecule has 8 heteroatoms. The SMILES string of the molecule is COC(=O)C(NC(=O)OCc1ccccc1)C(Sc1ccccc1N)c1ccccc1F. The Balaban J connectivity index is 1.88. The third kappa shape index (κ3) is 6.01. The number of esters is 1. The smallest absolute Gasteiger partial charge is 0.408 e. The molecule has 0 bridgehead atoms. The van der Waals surface area contributed by atoms with Crippen LogP contribution in [0.15, 0.2) is 83.8 Å². The highest BCUT2D eigenvalue weighted by atomic mass is 32.2. The highest BCUT2D eigenvalue weighted by Gasteiger charge is 2.35. The van der Waals surface area contributed by atoms with Crippen LogP contribution < -0.4 is 11.1 Å². The standard InChI is InChI=1S/C24H23FN2O4S/c1-30-23(28)21(27-24(29)31-15-16-9-3-2-4-10-16)22(17-11-5-6-12-18(17)25)32-20-14-8-7-13-19(20)26/h2-14,21-22H,15,26H2,1H3,(H,27,29). The van der Waals surface area contributed by atoms with E-state index in [4.69, 9.17) is 15.2 Å². The Morgan fingerprint density at radius 3 is 2.34 bits per heavy atom. The first-order chi connectivity index (χ1) is 15.5. The number of alkyl carbamates (subject to hydrolysis) is 1. The van der Waals surface area contributed by atoms with Crippen molar-refractivity contribution in [3.63, 3.8) is 0 Å². The summed E-state index contributed by atoms with van der Waals surface area (Å²) in [4.78, 5) is 25.8. The van der Waals surface area contributed by atoms with Gasteiger partial charge in [0, 0.05) is 16.1 Å². The maximum Gasteiger partial charge on any atom is 0.408 e. The van der Waals surface area contributed by atoms with E-state index in [1.54, 1.807) is 54.6 Å². The van der Waals surface area contributed by atoms with Crippen LogP contribution in [0.2, 0.25) is 0 Å². The van der Waals surface area contributed by atoms with E-state index < -0.39 is 29.2 Å². The first-order valence-corrected chi connectivity index (χ1v) is 10.7. The Labute approximate surface area is 189 Å². The molecule has 0 aromatic heterocycles. The summed E-state index contributed by atoms with van der Waals surface area (Å²) in [7, 11) is 1.20. The second-order valence-corrected chi connectivity index (χ2v) is 7.99. The van der Waals surface area contributed by atoms with Crippen molar-refractivity contribution in [3.8, 4) is 0 Å². The second kappa shape index (κ2) is 11.2. The molecule has 3 rings (SSSR count). The van der Waals surface area contributed by atoms with Crippen molar-refractivity contribution in [3.05, 3.63) is 95.8 Å². The first-order valence-electron chi connectivity index (χ1n) is 9.80. The molecule has 0 saturated carbocycles. The zero-order valence-electron chi connectivity index (χ0n) is 17.4. The summed E-state index contributed by atoms with van der Waals surface area (Å²) in [5.41, 5.74) is 7.54. The average molecular weight is 455 g/mol. The van der Waals surface area contributed by atoms with Crippen LogP contribution in [-0.2, 0) is 20.9 Å². The van der Waals surface area contributed by atoms with E-state index in [2.05, 4.69) is 5.32 Å². The number of benzene rings is 3. The number of nitrogen functional groups attached to an aromatic ring is 1. The maximum absolute atomic E-state index is 14.7. The van der Waals surface area contributed by atoms with Gasteiger partial charge in [0.15, 0.2) is 0 Å². The molecular weight excluding hydrogens is 431 g/mol. The highest BCUT2D eigenvalue weighted by Crippen LogP contribution is 2.41. The molecule has 0 aliphatic carbocycles. The molecule has 0 saturated heterocycles. The number of carbonyl (C=O) groups excluding carboxylic acids is 2. The minimum Gasteiger partial charge on any atom is -0.467 e. The number of thioether (sulfide) groups is 1. The number of nitrogens with two attached hydrogens (primary N) is 1. The predicted octanol–water partition coefficient (Wildman–Crippen LogP) is 4.71. The topological polar surface area (TPSA) is 90.6 Å². The average Bonchev–Trinajstić information content (AvgIpc) is 2.82. The minimum atomic E-state index is -1.23. The fraction of sp³-hybridized carbons (Fsp3) is 0.167. The molecule has 2 unspecified atom stereocenters. The lowest BCUT2D eigenvalue weighted by Gasteiger charge is -2.26. The van der Waals surface area contributed by atoms with Gasteiger partial charge in [-0.15, -0.1) is 11.8 Å². The van der Waals surface area contributed by atoms with Crippen LogP contribution in [0.1, 0.15) is 16.4 Å². The molecule has 3 aromatic rings. The van der Waals surface area contributed by atoms with Crippen LogP contribution in [0.5, 0.6) is 0 Å². The van der Waals surface area contributed by atoms with Gasteiger partial charge in [0.25, 0.3) is 0 Å². The highest BCUT2D eigenvalue weighted by molar-refractivity contribution is 7.99. The quantitative estimate of drug-likeness (QED) is 0.291. The number of hydrogen-bond acceptors (Lipinski definition) is 6. The number of ether oxygens (including phenoxy) is 2. The number of anilines is 1. The summed E-state index contributed by atoms with van der Waals surface area (Å²) in [6.07, 6.45) is -0.827. The number of carbonyl (C=O) groups is 2. The van der Waals surface area contributed by atoms with E-state index >= 15 is 0 Å². The van der Waals surface area contributed by atoms with Gasteiger partial charge in [-0.25, -0.2) is 14.0 Å². The van der Waals surface area contributed by atoms with Gasteiger partial charge in [-0.05, 0) is 23.8 Å². The summed E-state index contributed by atoms with van der Waals surface area (Å²) in [6.45, 7) is 0.0176. The number of halogens is 1. The van der Waals surface area contributed by atoms with Crippen LogP contribution in [0, 0.1) is 5.82 Å². The van der Waals surface area contributed by atoms with Gasteiger partial charge in [-0.3, -0.25) is 0 Å². The van der Waals surface area contributed by atoms with Crippen LogP contribution in [0.4, 0.5) is 14.9 Å². The molecule has 0 aliphatic heterocycles. The van der Waals surface area contributed by atoms with E-state index in [9.17, 15) is 14.0 Å². The minimum absolute atomic E-state index is 0.0176. The van der Waals surface area contributed by atoms with Crippen LogP contribution in [0.3, 0.4) is 0 Å². The maximum atomic E-state index is 14.7. The molecule has 0 aliphatic rings. The summed E-state index contributed by atoms with van der Waals surface area (Å²) in [5, 5.41) is 1.68. The lowest BCUT2D eigenvalue weighted by atomic mass is 10.0. The molecular formula is C24H23FN2O4S.